The Kier molecular flexibility index (Phi) is 6.39. The van der Waals surface area contributed by atoms with E-state index in [1.807, 2.05) is 31.2 Å². The zero-order chi connectivity index (χ0) is 18.2. The molecule has 0 radical (unpaired) electrons. The first kappa shape index (κ1) is 18.1. The summed E-state index contributed by atoms with van der Waals surface area (Å²) in [5, 5.41) is 2.89. The number of aryl methyl sites for hydroxylation is 2. The van der Waals surface area contributed by atoms with Gasteiger partial charge in [-0.3, -0.25) is 4.79 Å². The van der Waals surface area contributed by atoms with E-state index in [4.69, 9.17) is 9.15 Å². The lowest BCUT2D eigenvalue weighted by Gasteiger charge is -2.05. The molecular formula is C21H24N2O3. The minimum Gasteiger partial charge on any atom is -0.441 e. The first-order chi connectivity index (χ1) is 12.8. The van der Waals surface area contributed by atoms with E-state index in [1.54, 1.807) is 12.1 Å². The third-order valence-corrected chi connectivity index (χ3v) is 4.12. The third kappa shape index (κ3) is 4.92. The van der Waals surface area contributed by atoms with Gasteiger partial charge in [0, 0.05) is 31.7 Å². The number of amides is 1. The van der Waals surface area contributed by atoms with Crippen molar-refractivity contribution in [1.82, 2.24) is 10.3 Å². The summed E-state index contributed by atoms with van der Waals surface area (Å²) in [4.78, 5) is 16.7. The summed E-state index contributed by atoms with van der Waals surface area (Å²) >= 11 is 0. The van der Waals surface area contributed by atoms with Gasteiger partial charge in [0.15, 0.2) is 11.5 Å². The first-order valence-corrected chi connectivity index (χ1v) is 9.05. The molecule has 26 heavy (non-hydrogen) atoms. The van der Waals surface area contributed by atoms with Gasteiger partial charge in [0.2, 0.25) is 0 Å². The molecule has 1 heterocycles. The second-order valence-corrected chi connectivity index (χ2v) is 6.08. The highest BCUT2D eigenvalue weighted by Crippen LogP contribution is 2.18. The molecule has 0 aliphatic rings. The molecule has 0 aliphatic heterocycles. The lowest BCUT2D eigenvalue weighted by molar-refractivity contribution is 0.0944. The number of carbonyl (C=O) groups excluding carboxylic acids is 1. The monoisotopic (exact) mass is 352 g/mol. The molecule has 0 saturated carbocycles. The minimum atomic E-state index is -0.106. The predicted octanol–water partition coefficient (Wildman–Crippen LogP) is 3.77. The average Bonchev–Trinajstić information content (AvgIpc) is 3.09. The molecule has 1 amide bonds. The van der Waals surface area contributed by atoms with Crippen LogP contribution >= 0.6 is 0 Å². The number of fused-ring (bicyclic) bond motifs is 1. The van der Waals surface area contributed by atoms with Crippen LogP contribution < -0.4 is 5.32 Å². The molecule has 1 aromatic heterocycles. The Labute approximate surface area is 153 Å². The number of nitrogens with zero attached hydrogens (tertiary/aromatic N) is 1. The lowest BCUT2D eigenvalue weighted by atomic mass is 10.1. The fourth-order valence-corrected chi connectivity index (χ4v) is 2.74. The van der Waals surface area contributed by atoms with Gasteiger partial charge in [0.1, 0.15) is 5.52 Å². The molecular weight excluding hydrogens is 328 g/mol. The summed E-state index contributed by atoms with van der Waals surface area (Å²) in [5.41, 5.74) is 3.26. The molecule has 0 aliphatic carbocycles. The van der Waals surface area contributed by atoms with E-state index in [0.29, 0.717) is 36.8 Å². The van der Waals surface area contributed by atoms with Crippen LogP contribution in [0.4, 0.5) is 0 Å². The maximum atomic E-state index is 12.2. The van der Waals surface area contributed by atoms with Crippen LogP contribution in [0.1, 0.15) is 35.2 Å². The van der Waals surface area contributed by atoms with E-state index < -0.39 is 0 Å². The fraction of sp³-hybridized carbons (Fsp3) is 0.333. The highest BCUT2D eigenvalue weighted by molar-refractivity contribution is 5.96. The maximum absolute atomic E-state index is 12.2. The van der Waals surface area contributed by atoms with Crippen LogP contribution in [0.5, 0.6) is 0 Å². The topological polar surface area (TPSA) is 64.4 Å². The Balaban J connectivity index is 1.59. The molecule has 0 unspecified atom stereocenters. The number of hydrogen-bond acceptors (Lipinski definition) is 4. The zero-order valence-electron chi connectivity index (χ0n) is 15.0. The second kappa shape index (κ2) is 9.15. The predicted molar refractivity (Wildman–Crippen MR) is 101 cm³/mol. The maximum Gasteiger partial charge on any atom is 0.251 e. The summed E-state index contributed by atoms with van der Waals surface area (Å²) in [5.74, 6) is 0.587. The highest BCUT2D eigenvalue weighted by Gasteiger charge is 2.10. The van der Waals surface area contributed by atoms with Crippen molar-refractivity contribution >= 4 is 17.0 Å². The number of carbonyl (C=O) groups is 1. The molecule has 1 N–H and O–H groups in total. The van der Waals surface area contributed by atoms with Crippen molar-refractivity contribution < 1.29 is 13.9 Å². The van der Waals surface area contributed by atoms with Gasteiger partial charge in [-0.2, -0.15) is 0 Å². The summed E-state index contributed by atoms with van der Waals surface area (Å²) in [6, 6.07) is 15.6. The molecule has 2 aromatic carbocycles. The Morgan fingerprint density at radius 1 is 1.15 bits per heavy atom. The molecule has 0 fully saturated rings. The van der Waals surface area contributed by atoms with Gasteiger partial charge in [0.25, 0.3) is 5.91 Å². The Hall–Kier alpha value is -2.66. The van der Waals surface area contributed by atoms with Crippen molar-refractivity contribution in [2.45, 2.75) is 26.2 Å². The minimum absolute atomic E-state index is 0.106. The quantitative estimate of drug-likeness (QED) is 0.596. The van der Waals surface area contributed by atoms with Crippen LogP contribution in [-0.2, 0) is 17.6 Å². The van der Waals surface area contributed by atoms with Crippen LogP contribution in [0.2, 0.25) is 0 Å². The number of hydrogen-bond donors (Lipinski definition) is 1. The average molecular weight is 352 g/mol. The number of benzene rings is 2. The number of nitrogens with one attached hydrogen (secondary N) is 1. The number of ether oxygens (including phenoxy) is 1. The van der Waals surface area contributed by atoms with Crippen LogP contribution in [0.3, 0.4) is 0 Å². The van der Waals surface area contributed by atoms with Crippen molar-refractivity contribution in [3.05, 3.63) is 65.5 Å². The molecule has 3 aromatic rings. The largest absolute Gasteiger partial charge is 0.441 e. The molecule has 0 atom stereocenters. The third-order valence-electron chi connectivity index (χ3n) is 4.12. The van der Waals surface area contributed by atoms with Gasteiger partial charge >= 0.3 is 0 Å². The van der Waals surface area contributed by atoms with Crippen molar-refractivity contribution in [2.75, 3.05) is 19.8 Å². The SMILES string of the molecule is CCOCCCNC(=O)c1ccc2nc(CCc3ccccc3)oc2c1. The van der Waals surface area contributed by atoms with Crippen LogP contribution in [-0.4, -0.2) is 30.6 Å². The summed E-state index contributed by atoms with van der Waals surface area (Å²) in [6.45, 7) is 3.90. The van der Waals surface area contributed by atoms with Gasteiger partial charge in [0.05, 0.1) is 0 Å². The molecule has 0 saturated heterocycles. The van der Waals surface area contributed by atoms with E-state index >= 15 is 0 Å². The van der Waals surface area contributed by atoms with E-state index in [1.165, 1.54) is 5.56 Å². The zero-order valence-corrected chi connectivity index (χ0v) is 15.0. The van der Waals surface area contributed by atoms with E-state index in [2.05, 4.69) is 22.4 Å². The van der Waals surface area contributed by atoms with Crippen LogP contribution in [0.25, 0.3) is 11.1 Å². The van der Waals surface area contributed by atoms with Gasteiger partial charge in [-0.25, -0.2) is 4.98 Å². The molecule has 3 rings (SSSR count). The first-order valence-electron chi connectivity index (χ1n) is 9.05. The molecule has 0 bridgehead atoms. The Bertz CT molecular complexity index is 843. The normalized spacial score (nSPS) is 11.0. The lowest BCUT2D eigenvalue weighted by Crippen LogP contribution is -2.25. The smallest absolute Gasteiger partial charge is 0.251 e. The van der Waals surface area contributed by atoms with Gasteiger partial charge in [-0.05, 0) is 43.5 Å². The van der Waals surface area contributed by atoms with Gasteiger partial charge < -0.3 is 14.5 Å². The van der Waals surface area contributed by atoms with Crippen molar-refractivity contribution in [1.29, 1.82) is 0 Å². The Morgan fingerprint density at radius 2 is 2.00 bits per heavy atom. The van der Waals surface area contributed by atoms with Crippen molar-refractivity contribution in [3.8, 4) is 0 Å². The summed E-state index contributed by atoms with van der Waals surface area (Å²) < 4.78 is 11.1. The van der Waals surface area contributed by atoms with Crippen LogP contribution in [0, 0.1) is 0 Å². The van der Waals surface area contributed by atoms with Crippen molar-refractivity contribution in [2.24, 2.45) is 0 Å². The molecule has 0 spiro atoms. The number of oxazole rings is 1. The standard InChI is InChI=1S/C21H24N2O3/c1-2-25-14-6-13-22-21(24)17-10-11-18-19(15-17)26-20(23-18)12-9-16-7-4-3-5-8-16/h3-5,7-8,10-11,15H,2,6,9,12-14H2,1H3,(H,22,24). The second-order valence-electron chi connectivity index (χ2n) is 6.08. The number of aromatic nitrogens is 1. The van der Waals surface area contributed by atoms with Gasteiger partial charge in [-0.15, -0.1) is 0 Å². The molecule has 136 valence electrons. The number of rotatable bonds is 9. The van der Waals surface area contributed by atoms with Crippen molar-refractivity contribution in [3.63, 3.8) is 0 Å². The van der Waals surface area contributed by atoms with E-state index in [0.717, 1.165) is 24.8 Å². The van der Waals surface area contributed by atoms with Crippen LogP contribution in [0.15, 0.2) is 52.9 Å². The summed E-state index contributed by atoms with van der Waals surface area (Å²) in [6.07, 6.45) is 2.41. The highest BCUT2D eigenvalue weighted by atomic mass is 16.5. The van der Waals surface area contributed by atoms with Gasteiger partial charge in [-0.1, -0.05) is 30.3 Å². The summed E-state index contributed by atoms with van der Waals surface area (Å²) in [7, 11) is 0. The Morgan fingerprint density at radius 3 is 2.81 bits per heavy atom. The molecule has 5 nitrogen and oxygen atoms in total. The van der Waals surface area contributed by atoms with E-state index in [9.17, 15) is 4.79 Å². The fourth-order valence-electron chi connectivity index (χ4n) is 2.74. The molecule has 5 heteroatoms. The van der Waals surface area contributed by atoms with E-state index in [-0.39, 0.29) is 5.91 Å².